The van der Waals surface area contributed by atoms with Crippen LogP contribution in [0.1, 0.15) is 6.42 Å². The van der Waals surface area contributed by atoms with Crippen LogP contribution in [-0.2, 0) is 0 Å². The summed E-state index contributed by atoms with van der Waals surface area (Å²) >= 11 is 2.01. The molecule has 1 aliphatic rings. The molecule has 1 aromatic rings. The summed E-state index contributed by atoms with van der Waals surface area (Å²) in [6.07, 6.45) is 3.01. The van der Waals surface area contributed by atoms with Crippen molar-refractivity contribution in [3.8, 4) is 0 Å². The molecule has 0 amide bonds. The topological polar surface area (TPSA) is 42.1 Å². The standard InChI is InChI=1S/C10H15N3S/c1-13(9-3-5-14-7-9)10-6-8(11)2-4-12-10/h2,4,6,9H,3,5,7H2,1H3,(H2,11,12). The van der Waals surface area contributed by atoms with Crippen molar-refractivity contribution in [2.24, 2.45) is 0 Å². The zero-order chi connectivity index (χ0) is 9.97. The smallest absolute Gasteiger partial charge is 0.130 e. The van der Waals surface area contributed by atoms with Crippen molar-refractivity contribution in [1.29, 1.82) is 0 Å². The first-order valence-corrected chi connectivity index (χ1v) is 5.95. The lowest BCUT2D eigenvalue weighted by Crippen LogP contribution is -2.31. The highest BCUT2D eigenvalue weighted by Crippen LogP contribution is 2.25. The summed E-state index contributed by atoms with van der Waals surface area (Å²) in [7, 11) is 2.10. The number of hydrogen-bond donors (Lipinski definition) is 1. The van der Waals surface area contributed by atoms with E-state index in [1.54, 1.807) is 6.20 Å². The van der Waals surface area contributed by atoms with Gasteiger partial charge in [-0.25, -0.2) is 4.98 Å². The molecule has 1 aliphatic heterocycles. The number of aromatic nitrogens is 1. The van der Waals surface area contributed by atoms with Gasteiger partial charge in [0.25, 0.3) is 0 Å². The second-order valence-electron chi connectivity index (χ2n) is 3.58. The number of rotatable bonds is 2. The highest BCUT2D eigenvalue weighted by Gasteiger charge is 2.20. The molecule has 14 heavy (non-hydrogen) atoms. The van der Waals surface area contributed by atoms with E-state index in [9.17, 15) is 0 Å². The second-order valence-corrected chi connectivity index (χ2v) is 4.73. The molecule has 76 valence electrons. The van der Waals surface area contributed by atoms with E-state index in [1.165, 1.54) is 17.9 Å². The molecular weight excluding hydrogens is 194 g/mol. The lowest BCUT2D eigenvalue weighted by atomic mass is 10.2. The molecule has 0 aromatic carbocycles. The van der Waals surface area contributed by atoms with Crippen LogP contribution in [0.25, 0.3) is 0 Å². The number of thioether (sulfide) groups is 1. The zero-order valence-electron chi connectivity index (χ0n) is 8.31. The van der Waals surface area contributed by atoms with Crippen molar-refractivity contribution in [1.82, 2.24) is 4.98 Å². The molecule has 1 saturated heterocycles. The Bertz CT molecular complexity index is 310. The number of nitrogen functional groups attached to an aromatic ring is 1. The minimum atomic E-state index is 0.620. The molecule has 4 heteroatoms. The molecule has 0 spiro atoms. The number of anilines is 2. The maximum atomic E-state index is 5.72. The predicted molar refractivity (Wildman–Crippen MR) is 62.8 cm³/mol. The molecular formula is C10H15N3S. The maximum Gasteiger partial charge on any atom is 0.130 e. The summed E-state index contributed by atoms with van der Waals surface area (Å²) in [5, 5.41) is 0. The first kappa shape index (κ1) is 9.65. The van der Waals surface area contributed by atoms with Crippen LogP contribution in [0.2, 0.25) is 0 Å². The van der Waals surface area contributed by atoms with E-state index in [4.69, 9.17) is 5.73 Å². The Morgan fingerprint density at radius 3 is 3.14 bits per heavy atom. The molecule has 2 N–H and O–H groups in total. The van der Waals surface area contributed by atoms with Gasteiger partial charge < -0.3 is 10.6 Å². The quantitative estimate of drug-likeness (QED) is 0.803. The van der Waals surface area contributed by atoms with Gasteiger partial charge in [-0.2, -0.15) is 11.8 Å². The first-order valence-electron chi connectivity index (χ1n) is 4.79. The Kier molecular flexibility index (Phi) is 2.82. The van der Waals surface area contributed by atoms with E-state index in [0.717, 1.165) is 11.5 Å². The molecule has 1 atom stereocenters. The van der Waals surface area contributed by atoms with Crippen LogP contribution in [0, 0.1) is 0 Å². The summed E-state index contributed by atoms with van der Waals surface area (Å²) in [4.78, 5) is 6.55. The van der Waals surface area contributed by atoms with Crippen LogP contribution >= 0.6 is 11.8 Å². The monoisotopic (exact) mass is 209 g/mol. The normalized spacial score (nSPS) is 21.1. The lowest BCUT2D eigenvalue weighted by Gasteiger charge is -2.24. The van der Waals surface area contributed by atoms with Crippen LogP contribution in [0.4, 0.5) is 11.5 Å². The van der Waals surface area contributed by atoms with E-state index in [-0.39, 0.29) is 0 Å². The molecule has 1 unspecified atom stereocenters. The fourth-order valence-corrected chi connectivity index (χ4v) is 2.91. The Morgan fingerprint density at radius 2 is 2.50 bits per heavy atom. The van der Waals surface area contributed by atoms with Gasteiger partial charge in [-0.15, -0.1) is 0 Å². The summed E-state index contributed by atoms with van der Waals surface area (Å²) < 4.78 is 0. The fraction of sp³-hybridized carbons (Fsp3) is 0.500. The molecule has 1 aromatic heterocycles. The third-order valence-electron chi connectivity index (χ3n) is 2.58. The van der Waals surface area contributed by atoms with Gasteiger partial charge in [-0.05, 0) is 18.2 Å². The number of pyridine rings is 1. The molecule has 0 saturated carbocycles. The van der Waals surface area contributed by atoms with Crippen molar-refractivity contribution < 1.29 is 0 Å². The van der Waals surface area contributed by atoms with E-state index < -0.39 is 0 Å². The van der Waals surface area contributed by atoms with Crippen LogP contribution in [0.5, 0.6) is 0 Å². The third kappa shape index (κ3) is 1.95. The highest BCUT2D eigenvalue weighted by molar-refractivity contribution is 7.99. The van der Waals surface area contributed by atoms with Crippen molar-refractivity contribution in [3.05, 3.63) is 18.3 Å². The fourth-order valence-electron chi connectivity index (χ4n) is 1.64. The third-order valence-corrected chi connectivity index (χ3v) is 3.73. The Hall–Kier alpha value is -0.900. The Morgan fingerprint density at radius 1 is 1.64 bits per heavy atom. The molecule has 2 rings (SSSR count). The lowest BCUT2D eigenvalue weighted by molar-refractivity contribution is 0.692. The minimum absolute atomic E-state index is 0.620. The first-order chi connectivity index (χ1) is 6.77. The summed E-state index contributed by atoms with van der Waals surface area (Å²) in [6.45, 7) is 0. The average molecular weight is 209 g/mol. The SMILES string of the molecule is CN(c1cc(N)ccn1)C1CCSC1. The Labute approximate surface area is 88.7 Å². The van der Waals surface area contributed by atoms with Gasteiger partial charge in [0.15, 0.2) is 0 Å². The van der Waals surface area contributed by atoms with Crippen LogP contribution < -0.4 is 10.6 Å². The van der Waals surface area contributed by atoms with Crippen molar-refractivity contribution in [2.45, 2.75) is 12.5 Å². The molecule has 0 radical (unpaired) electrons. The molecule has 0 bridgehead atoms. The van der Waals surface area contributed by atoms with Gasteiger partial charge in [-0.1, -0.05) is 0 Å². The minimum Gasteiger partial charge on any atom is -0.399 e. The van der Waals surface area contributed by atoms with Gasteiger partial charge in [0, 0.05) is 36.8 Å². The zero-order valence-corrected chi connectivity index (χ0v) is 9.13. The van der Waals surface area contributed by atoms with Gasteiger partial charge in [0.05, 0.1) is 0 Å². The number of hydrogen-bond acceptors (Lipinski definition) is 4. The molecule has 3 nitrogen and oxygen atoms in total. The van der Waals surface area contributed by atoms with Gasteiger partial charge in [-0.3, -0.25) is 0 Å². The predicted octanol–water partition coefficient (Wildman–Crippen LogP) is 1.61. The van der Waals surface area contributed by atoms with Crippen molar-refractivity contribution in [3.63, 3.8) is 0 Å². The summed E-state index contributed by atoms with van der Waals surface area (Å²) in [6, 6.07) is 4.37. The van der Waals surface area contributed by atoms with Crippen LogP contribution in [-0.4, -0.2) is 29.6 Å². The van der Waals surface area contributed by atoms with Crippen molar-refractivity contribution in [2.75, 3.05) is 29.2 Å². The van der Waals surface area contributed by atoms with E-state index in [1.807, 2.05) is 23.9 Å². The molecule has 1 fully saturated rings. The molecule has 2 heterocycles. The van der Waals surface area contributed by atoms with E-state index in [2.05, 4.69) is 16.9 Å². The van der Waals surface area contributed by atoms with Crippen LogP contribution in [0.3, 0.4) is 0 Å². The van der Waals surface area contributed by atoms with Crippen molar-refractivity contribution >= 4 is 23.3 Å². The number of nitrogens with zero attached hydrogens (tertiary/aromatic N) is 2. The largest absolute Gasteiger partial charge is 0.399 e. The number of nitrogens with two attached hydrogens (primary N) is 1. The summed E-state index contributed by atoms with van der Waals surface area (Å²) in [5.74, 6) is 3.45. The highest BCUT2D eigenvalue weighted by atomic mass is 32.2. The van der Waals surface area contributed by atoms with Gasteiger partial charge in [0.1, 0.15) is 5.82 Å². The maximum absolute atomic E-state index is 5.72. The molecule has 0 aliphatic carbocycles. The van der Waals surface area contributed by atoms with Crippen LogP contribution in [0.15, 0.2) is 18.3 Å². The average Bonchev–Trinajstić information content (AvgIpc) is 2.69. The Balaban J connectivity index is 2.13. The van der Waals surface area contributed by atoms with E-state index in [0.29, 0.717) is 6.04 Å². The second kappa shape index (κ2) is 4.09. The van der Waals surface area contributed by atoms with Gasteiger partial charge >= 0.3 is 0 Å². The summed E-state index contributed by atoms with van der Waals surface area (Å²) in [5.41, 5.74) is 6.51. The van der Waals surface area contributed by atoms with E-state index >= 15 is 0 Å². The van der Waals surface area contributed by atoms with Gasteiger partial charge in [0.2, 0.25) is 0 Å².